The fourth-order valence-corrected chi connectivity index (χ4v) is 5.96. The molecule has 1 saturated heterocycles. The van der Waals surface area contributed by atoms with E-state index in [0.717, 1.165) is 27.5 Å². The van der Waals surface area contributed by atoms with Crippen molar-refractivity contribution in [1.29, 1.82) is 0 Å². The summed E-state index contributed by atoms with van der Waals surface area (Å²) in [6, 6.07) is 14.4. The highest BCUT2D eigenvalue weighted by atomic mass is 32.2. The van der Waals surface area contributed by atoms with E-state index in [2.05, 4.69) is 0 Å². The number of benzene rings is 2. The van der Waals surface area contributed by atoms with Gasteiger partial charge in [0.1, 0.15) is 5.75 Å². The van der Waals surface area contributed by atoms with Crippen LogP contribution in [-0.4, -0.2) is 61.9 Å². The zero-order valence-corrected chi connectivity index (χ0v) is 20.0. The molecule has 0 spiro atoms. The normalized spacial score (nSPS) is 15.6. The van der Waals surface area contributed by atoms with Gasteiger partial charge in [0.25, 0.3) is 0 Å². The minimum absolute atomic E-state index is 0.0380. The van der Waals surface area contributed by atoms with Crippen LogP contribution in [0.5, 0.6) is 5.75 Å². The zero-order chi connectivity index (χ0) is 23.3. The second-order valence-electron chi connectivity index (χ2n) is 7.36. The second-order valence-corrected chi connectivity index (χ2v) is 10.1. The van der Waals surface area contributed by atoms with Crippen LogP contribution >= 0.6 is 11.3 Å². The molecule has 3 aromatic rings. The lowest BCUT2D eigenvalue weighted by Crippen LogP contribution is -2.40. The smallest absolute Gasteiger partial charge is 0.243 e. The Kier molecular flexibility index (Phi) is 7.61. The molecule has 2 aromatic carbocycles. The summed E-state index contributed by atoms with van der Waals surface area (Å²) in [5, 5.41) is 11.6. The van der Waals surface area contributed by atoms with Crippen molar-refractivity contribution in [3.05, 3.63) is 58.7 Å². The predicted octanol–water partition coefficient (Wildman–Crippen LogP) is 2.86. The Morgan fingerprint density at radius 1 is 1.09 bits per heavy atom. The number of thiazole rings is 1. The van der Waals surface area contributed by atoms with E-state index in [1.165, 1.54) is 15.6 Å². The molecule has 33 heavy (non-hydrogen) atoms. The van der Waals surface area contributed by atoms with Gasteiger partial charge in [0.05, 0.1) is 42.7 Å². The third-order valence-corrected chi connectivity index (χ3v) is 8.03. The Labute approximate surface area is 197 Å². The van der Waals surface area contributed by atoms with Gasteiger partial charge in [-0.2, -0.15) is 4.31 Å². The molecule has 4 rings (SSSR count). The Hall–Kier alpha value is -2.50. The first-order valence-corrected chi connectivity index (χ1v) is 13.1. The van der Waals surface area contributed by atoms with Crippen LogP contribution < -0.4 is 9.54 Å². The van der Waals surface area contributed by atoms with Gasteiger partial charge in [-0.1, -0.05) is 12.1 Å². The summed E-state index contributed by atoms with van der Waals surface area (Å²) in [6.45, 7) is 4.43. The van der Waals surface area contributed by atoms with Crippen molar-refractivity contribution in [2.75, 3.05) is 39.5 Å². The SMILES string of the molecule is CCOc1ccc(N=c2scc(-c3ccc(S(=O)(=O)N4CCOCC4)cc3)n2CCO)cc1. The number of morpholine rings is 1. The van der Waals surface area contributed by atoms with Crippen LogP contribution in [0.2, 0.25) is 0 Å². The molecule has 0 aliphatic carbocycles. The molecule has 0 bridgehead atoms. The van der Waals surface area contributed by atoms with Crippen molar-refractivity contribution >= 4 is 27.0 Å². The average Bonchev–Trinajstić information content (AvgIpc) is 3.23. The van der Waals surface area contributed by atoms with Crippen LogP contribution in [0.1, 0.15) is 6.92 Å². The maximum atomic E-state index is 12.9. The number of hydrogen-bond acceptors (Lipinski definition) is 7. The number of aromatic nitrogens is 1. The largest absolute Gasteiger partial charge is 0.494 e. The summed E-state index contributed by atoms with van der Waals surface area (Å²) >= 11 is 1.47. The van der Waals surface area contributed by atoms with Crippen molar-refractivity contribution in [3.63, 3.8) is 0 Å². The topological polar surface area (TPSA) is 93.4 Å². The Morgan fingerprint density at radius 2 is 1.79 bits per heavy atom. The fraction of sp³-hybridized carbons (Fsp3) is 0.348. The molecule has 176 valence electrons. The van der Waals surface area contributed by atoms with Crippen LogP contribution in [0.25, 0.3) is 11.3 Å². The highest BCUT2D eigenvalue weighted by Gasteiger charge is 2.26. The quantitative estimate of drug-likeness (QED) is 0.525. The van der Waals surface area contributed by atoms with E-state index < -0.39 is 10.0 Å². The molecule has 0 atom stereocenters. The molecule has 8 nitrogen and oxygen atoms in total. The fourth-order valence-electron chi connectivity index (χ4n) is 3.59. The maximum Gasteiger partial charge on any atom is 0.243 e. The van der Waals surface area contributed by atoms with E-state index in [1.54, 1.807) is 24.3 Å². The van der Waals surface area contributed by atoms with Crippen molar-refractivity contribution in [2.24, 2.45) is 4.99 Å². The highest BCUT2D eigenvalue weighted by Crippen LogP contribution is 2.25. The molecule has 1 aliphatic rings. The number of sulfonamides is 1. The molecule has 1 fully saturated rings. The monoisotopic (exact) mass is 489 g/mol. The molecular formula is C23H27N3O5S2. The third-order valence-electron chi connectivity index (χ3n) is 5.25. The minimum atomic E-state index is -3.54. The van der Waals surface area contributed by atoms with Gasteiger partial charge in [-0.25, -0.2) is 13.4 Å². The van der Waals surface area contributed by atoms with Crippen LogP contribution in [0.3, 0.4) is 0 Å². The van der Waals surface area contributed by atoms with Gasteiger partial charge in [-0.3, -0.25) is 0 Å². The number of aliphatic hydroxyl groups excluding tert-OH is 1. The maximum absolute atomic E-state index is 12.9. The van der Waals surface area contributed by atoms with Gasteiger partial charge in [0.2, 0.25) is 10.0 Å². The van der Waals surface area contributed by atoms with Crippen molar-refractivity contribution in [1.82, 2.24) is 8.87 Å². The van der Waals surface area contributed by atoms with Gasteiger partial charge < -0.3 is 19.1 Å². The van der Waals surface area contributed by atoms with Crippen molar-refractivity contribution in [3.8, 4) is 17.0 Å². The number of hydrogen-bond donors (Lipinski definition) is 1. The van der Waals surface area contributed by atoms with Crippen LogP contribution in [-0.2, 0) is 21.3 Å². The number of ether oxygens (including phenoxy) is 2. The molecule has 0 radical (unpaired) electrons. The summed E-state index contributed by atoms with van der Waals surface area (Å²) in [4.78, 5) is 5.73. The summed E-state index contributed by atoms with van der Waals surface area (Å²) in [5.41, 5.74) is 2.51. The number of rotatable bonds is 8. The Bertz CT molecular complexity index is 1230. The van der Waals surface area contributed by atoms with Crippen LogP contribution in [0, 0.1) is 0 Å². The molecule has 1 N–H and O–H groups in total. The lowest BCUT2D eigenvalue weighted by Gasteiger charge is -2.26. The molecule has 0 amide bonds. The van der Waals surface area contributed by atoms with Crippen molar-refractivity contribution < 1.29 is 23.0 Å². The Balaban J connectivity index is 1.63. The van der Waals surface area contributed by atoms with Gasteiger partial charge in [0, 0.05) is 25.0 Å². The van der Waals surface area contributed by atoms with E-state index >= 15 is 0 Å². The van der Waals surface area contributed by atoms with Gasteiger partial charge in [-0.15, -0.1) is 11.3 Å². The molecule has 1 aliphatic heterocycles. The number of aliphatic hydroxyl groups is 1. The van der Waals surface area contributed by atoms with E-state index in [4.69, 9.17) is 14.5 Å². The lowest BCUT2D eigenvalue weighted by atomic mass is 10.2. The molecular weight excluding hydrogens is 462 g/mol. The summed E-state index contributed by atoms with van der Waals surface area (Å²) in [7, 11) is -3.54. The highest BCUT2D eigenvalue weighted by molar-refractivity contribution is 7.89. The van der Waals surface area contributed by atoms with Gasteiger partial charge in [0.15, 0.2) is 4.80 Å². The zero-order valence-electron chi connectivity index (χ0n) is 18.4. The first-order valence-electron chi connectivity index (χ1n) is 10.8. The van der Waals surface area contributed by atoms with E-state index in [0.29, 0.717) is 39.5 Å². The summed E-state index contributed by atoms with van der Waals surface area (Å²) < 4.78 is 39.9. The molecule has 10 heteroatoms. The lowest BCUT2D eigenvalue weighted by molar-refractivity contribution is 0.0730. The first-order chi connectivity index (χ1) is 16.0. The van der Waals surface area contributed by atoms with E-state index in [9.17, 15) is 13.5 Å². The molecule has 2 heterocycles. The van der Waals surface area contributed by atoms with E-state index in [1.807, 2.05) is 41.1 Å². The van der Waals surface area contributed by atoms with Crippen LogP contribution in [0.15, 0.2) is 63.8 Å². The number of nitrogens with zero attached hydrogens (tertiary/aromatic N) is 3. The average molecular weight is 490 g/mol. The second kappa shape index (κ2) is 10.6. The predicted molar refractivity (Wildman–Crippen MR) is 127 cm³/mol. The molecule has 1 aromatic heterocycles. The third kappa shape index (κ3) is 5.36. The minimum Gasteiger partial charge on any atom is -0.494 e. The van der Waals surface area contributed by atoms with Crippen LogP contribution in [0.4, 0.5) is 5.69 Å². The summed E-state index contributed by atoms with van der Waals surface area (Å²) in [6.07, 6.45) is 0. The summed E-state index contributed by atoms with van der Waals surface area (Å²) in [5.74, 6) is 0.790. The van der Waals surface area contributed by atoms with E-state index in [-0.39, 0.29) is 11.5 Å². The van der Waals surface area contributed by atoms with Crippen molar-refractivity contribution in [2.45, 2.75) is 18.4 Å². The van der Waals surface area contributed by atoms with Gasteiger partial charge in [-0.05, 0) is 48.9 Å². The molecule has 0 saturated carbocycles. The first kappa shape index (κ1) is 23.7. The van der Waals surface area contributed by atoms with Gasteiger partial charge >= 0.3 is 0 Å². The Morgan fingerprint density at radius 3 is 2.42 bits per heavy atom. The molecule has 0 unspecified atom stereocenters. The standard InChI is InChI=1S/C23H27N3O5S2/c1-2-31-20-7-5-19(6-8-20)24-23-26(11-14-27)22(17-32-23)18-3-9-21(10-4-18)33(28,29)25-12-15-30-16-13-25/h3-10,17,27H,2,11-16H2,1H3.